The second-order valence-electron chi connectivity index (χ2n) is 10.4. The fourth-order valence-corrected chi connectivity index (χ4v) is 7.88. The van der Waals surface area contributed by atoms with Crippen molar-refractivity contribution in [2.45, 2.75) is 57.5 Å². The number of hydrogen-bond acceptors (Lipinski definition) is 8. The van der Waals surface area contributed by atoms with E-state index in [0.717, 1.165) is 44.1 Å². The predicted octanol–water partition coefficient (Wildman–Crippen LogP) is 1.25. The zero-order chi connectivity index (χ0) is 24.6. The number of quaternary nitrogens is 1. The number of benzene rings is 1. The van der Waals surface area contributed by atoms with Crippen molar-refractivity contribution in [3.63, 3.8) is 0 Å². The molecule has 9 nitrogen and oxygen atoms in total. The van der Waals surface area contributed by atoms with Crippen LogP contribution in [0.4, 0.5) is 0 Å². The highest BCUT2D eigenvalue weighted by atomic mass is 32.3. The molecule has 1 aromatic carbocycles. The third-order valence-corrected chi connectivity index (χ3v) is 9.51. The van der Waals surface area contributed by atoms with Gasteiger partial charge in [0.2, 0.25) is 0 Å². The van der Waals surface area contributed by atoms with Gasteiger partial charge in [-0.2, -0.15) is 13.1 Å². The molecule has 0 spiro atoms. The molecule has 1 aromatic rings. The van der Waals surface area contributed by atoms with Gasteiger partial charge in [-0.25, -0.2) is 0 Å². The largest absolute Gasteiger partial charge is 0.495 e. The molecule has 0 aromatic heterocycles. The topological polar surface area (TPSA) is 134 Å². The van der Waals surface area contributed by atoms with Crippen molar-refractivity contribution in [2.24, 2.45) is 17.3 Å². The van der Waals surface area contributed by atoms with Crippen LogP contribution in [0, 0.1) is 17.3 Å². The minimum Gasteiger partial charge on any atom is -0.393 e. The molecule has 4 N–H and O–H groups in total. The number of aliphatic hydroxyl groups is 4. The minimum absolute atomic E-state index is 0.00952. The molecule has 3 aliphatic rings. The van der Waals surface area contributed by atoms with E-state index in [1.165, 1.54) is 5.56 Å². The minimum atomic E-state index is -4.52. The summed E-state index contributed by atoms with van der Waals surface area (Å²) in [6.07, 6.45) is 5.60. The lowest BCUT2D eigenvalue weighted by atomic mass is 9.55. The normalized spacial score (nSPS) is 31.0. The van der Waals surface area contributed by atoms with Crippen LogP contribution in [-0.2, 0) is 21.1 Å². The third-order valence-electron chi connectivity index (χ3n) is 8.62. The lowest BCUT2D eigenvalue weighted by molar-refractivity contribution is -1.08. The first-order valence-corrected chi connectivity index (χ1v) is 13.7. The van der Waals surface area contributed by atoms with Crippen molar-refractivity contribution in [3.8, 4) is 5.75 Å². The molecule has 10 heteroatoms. The first-order valence-electron chi connectivity index (χ1n) is 12.3. The van der Waals surface area contributed by atoms with E-state index in [2.05, 4.69) is 6.92 Å². The Hall–Kier alpha value is -1.27. The van der Waals surface area contributed by atoms with E-state index in [-0.39, 0.29) is 56.7 Å². The van der Waals surface area contributed by atoms with E-state index < -0.39 is 15.0 Å². The fraction of sp³-hybridized carbons (Fsp3) is 0.750. The van der Waals surface area contributed by atoms with Crippen LogP contribution in [0.3, 0.4) is 0 Å². The van der Waals surface area contributed by atoms with Gasteiger partial charge < -0.3 is 24.6 Å². The maximum Gasteiger partial charge on any atom is 0.495 e. The molecule has 2 fully saturated rings. The molecular weight excluding hydrogens is 462 g/mol. The molecule has 2 saturated carbocycles. The van der Waals surface area contributed by atoms with Gasteiger partial charge >= 0.3 is 10.4 Å². The quantitative estimate of drug-likeness (QED) is 0.279. The Bertz CT molecular complexity index is 953. The molecule has 0 radical (unpaired) electrons. The summed E-state index contributed by atoms with van der Waals surface area (Å²) in [5, 5.41) is 38.6. The lowest BCUT2D eigenvalue weighted by Crippen LogP contribution is -2.54. The second-order valence-corrected chi connectivity index (χ2v) is 11.5. The van der Waals surface area contributed by atoms with Gasteiger partial charge in [-0.15, -0.1) is 0 Å². The van der Waals surface area contributed by atoms with Crippen molar-refractivity contribution in [2.75, 3.05) is 39.5 Å². The number of hydrogen-bond donors (Lipinski definition) is 4. The number of fused-ring (bicyclic) bond motifs is 5. The van der Waals surface area contributed by atoms with Crippen LogP contribution in [0.25, 0.3) is 0 Å². The Morgan fingerprint density at radius 3 is 2.35 bits per heavy atom. The van der Waals surface area contributed by atoms with Crippen molar-refractivity contribution in [3.05, 3.63) is 29.3 Å². The number of aryl methyl sites for hydroxylation is 1. The smallest absolute Gasteiger partial charge is 0.393 e. The van der Waals surface area contributed by atoms with Gasteiger partial charge in [0.1, 0.15) is 25.4 Å². The van der Waals surface area contributed by atoms with Crippen LogP contribution in [0.15, 0.2) is 18.2 Å². The predicted molar refractivity (Wildman–Crippen MR) is 124 cm³/mol. The van der Waals surface area contributed by atoms with Gasteiger partial charge in [-0.05, 0) is 89.2 Å². The average molecular weight is 501 g/mol. The fourth-order valence-electron chi connectivity index (χ4n) is 6.90. The van der Waals surface area contributed by atoms with Gasteiger partial charge in [0.05, 0.1) is 25.9 Å². The maximum atomic E-state index is 12.7. The Balaban J connectivity index is 1.51. The van der Waals surface area contributed by atoms with Gasteiger partial charge in [0.15, 0.2) is 0 Å². The second kappa shape index (κ2) is 10.0. The molecule has 192 valence electrons. The van der Waals surface area contributed by atoms with E-state index in [1.807, 2.05) is 6.07 Å². The van der Waals surface area contributed by atoms with Crippen molar-refractivity contribution in [1.29, 1.82) is 0 Å². The summed E-state index contributed by atoms with van der Waals surface area (Å²) < 4.78 is 35.2. The maximum absolute atomic E-state index is 12.7. The zero-order valence-electron chi connectivity index (χ0n) is 19.8. The highest BCUT2D eigenvalue weighted by molar-refractivity contribution is 7.82. The number of aliphatic hydroxyl groups excluding tert-OH is 4. The van der Waals surface area contributed by atoms with E-state index in [1.54, 1.807) is 12.1 Å². The van der Waals surface area contributed by atoms with E-state index in [9.17, 15) is 28.8 Å². The zero-order valence-corrected chi connectivity index (χ0v) is 20.6. The number of nitrogens with zero attached hydrogens (tertiary/aromatic N) is 1. The Morgan fingerprint density at radius 1 is 1.03 bits per heavy atom. The van der Waals surface area contributed by atoms with Crippen molar-refractivity contribution < 1.29 is 42.0 Å². The molecule has 0 bridgehead atoms. The van der Waals surface area contributed by atoms with Crippen molar-refractivity contribution >= 4 is 10.4 Å². The summed E-state index contributed by atoms with van der Waals surface area (Å²) in [7, 11) is -4.52. The van der Waals surface area contributed by atoms with Crippen molar-refractivity contribution in [1.82, 2.24) is 0 Å². The van der Waals surface area contributed by atoms with Crippen LogP contribution < -0.4 is 4.18 Å². The summed E-state index contributed by atoms with van der Waals surface area (Å²) in [6.45, 7) is 0.741. The SMILES string of the molecule is C[C@]12CC[C@@H]3c4ccc(OS(=O)(=O)O[N+](CCO)(CCO)CCO)cc4CC[C@H]3[C@@H]1CC[C@@H]2O. The highest BCUT2D eigenvalue weighted by Crippen LogP contribution is 2.60. The summed E-state index contributed by atoms with van der Waals surface area (Å²) >= 11 is 0. The Morgan fingerprint density at radius 2 is 1.71 bits per heavy atom. The number of hydroxylamine groups is 3. The number of rotatable bonds is 10. The van der Waals surface area contributed by atoms with Crippen LogP contribution in [0.1, 0.15) is 56.1 Å². The summed E-state index contributed by atoms with van der Waals surface area (Å²) in [5.41, 5.74) is 2.34. The molecule has 0 aliphatic heterocycles. The molecule has 4 rings (SSSR count). The average Bonchev–Trinajstić information content (AvgIpc) is 3.08. The molecular formula is C24H38NO8S+. The standard InChI is InChI=1S/C24H38NO8S/c1-24-9-8-20-19-5-3-18(16-17(19)2-4-21(20)22(24)6-7-23(24)29)32-34(30,31)33-25(10-13-26,11-14-27)12-15-28/h3,5,16,20-23,26-29H,2,4,6-15H2,1H3/q+1/t20-,21-,22+,23+,24+/m1/s1. The van der Waals surface area contributed by atoms with Gasteiger partial charge in [-0.3, -0.25) is 0 Å². The molecule has 34 heavy (non-hydrogen) atoms. The summed E-state index contributed by atoms with van der Waals surface area (Å²) in [6, 6.07) is 5.38. The highest BCUT2D eigenvalue weighted by Gasteiger charge is 2.54. The molecule has 0 amide bonds. The van der Waals surface area contributed by atoms with Gasteiger partial charge in [0, 0.05) is 0 Å². The van der Waals surface area contributed by atoms with Crippen LogP contribution in [0.5, 0.6) is 5.75 Å². The Labute approximate surface area is 201 Å². The molecule has 3 aliphatic carbocycles. The first-order chi connectivity index (χ1) is 16.2. The first kappa shape index (κ1) is 25.8. The lowest BCUT2D eigenvalue weighted by Gasteiger charge is -2.50. The monoisotopic (exact) mass is 500 g/mol. The van der Waals surface area contributed by atoms with Crippen LogP contribution >= 0.6 is 0 Å². The van der Waals surface area contributed by atoms with Gasteiger partial charge in [-0.1, -0.05) is 13.0 Å². The van der Waals surface area contributed by atoms with E-state index >= 15 is 0 Å². The molecule has 0 heterocycles. The molecule has 5 atom stereocenters. The third kappa shape index (κ3) is 4.86. The Kier molecular flexibility index (Phi) is 7.59. The summed E-state index contributed by atoms with van der Waals surface area (Å²) in [5.74, 6) is 1.63. The van der Waals surface area contributed by atoms with E-state index in [4.69, 9.17) is 8.47 Å². The van der Waals surface area contributed by atoms with Gasteiger partial charge in [0.25, 0.3) is 0 Å². The van der Waals surface area contributed by atoms with Crippen LogP contribution in [0.2, 0.25) is 0 Å². The summed E-state index contributed by atoms with van der Waals surface area (Å²) in [4.78, 5) is 0. The molecule has 0 unspecified atom stereocenters. The van der Waals surface area contributed by atoms with Crippen LogP contribution in [-0.4, -0.2) is 79.0 Å². The van der Waals surface area contributed by atoms with E-state index in [0.29, 0.717) is 17.8 Å². The molecule has 0 saturated heterocycles.